The second kappa shape index (κ2) is 5.06. The molecule has 0 saturated heterocycles. The van der Waals surface area contributed by atoms with E-state index in [9.17, 15) is 4.79 Å². The molecule has 1 aliphatic heterocycles. The molecule has 0 amide bonds. The van der Waals surface area contributed by atoms with E-state index in [0.29, 0.717) is 0 Å². The highest BCUT2D eigenvalue weighted by Gasteiger charge is 2.22. The van der Waals surface area contributed by atoms with Gasteiger partial charge >= 0.3 is 10.4 Å². The van der Waals surface area contributed by atoms with Gasteiger partial charge in [-0.15, -0.1) is 0 Å². The van der Waals surface area contributed by atoms with Gasteiger partial charge in [0, 0.05) is 0 Å². The molecule has 6 nitrogen and oxygen atoms in total. The van der Waals surface area contributed by atoms with Gasteiger partial charge in [-0.2, -0.15) is 8.42 Å². The summed E-state index contributed by atoms with van der Waals surface area (Å²) < 4.78 is 31.6. The third-order valence-electron chi connectivity index (χ3n) is 1.96. The maximum Gasteiger partial charge on any atom is 0.394 e. The van der Waals surface area contributed by atoms with Gasteiger partial charge in [0.2, 0.25) is 0 Å². The van der Waals surface area contributed by atoms with E-state index in [2.05, 4.69) is 5.32 Å². The molecule has 2 aliphatic rings. The average Bonchev–Trinajstić information content (AvgIpc) is 2.16. The van der Waals surface area contributed by atoms with Crippen molar-refractivity contribution in [3.05, 3.63) is 36.1 Å². The van der Waals surface area contributed by atoms with E-state index in [4.69, 9.17) is 17.5 Å². The summed E-state index contributed by atoms with van der Waals surface area (Å²) in [6.45, 7) is 0. The second-order valence-electron chi connectivity index (χ2n) is 3.16. The Labute approximate surface area is 92.9 Å². The normalized spacial score (nSPS) is 22.5. The van der Waals surface area contributed by atoms with E-state index in [1.54, 1.807) is 6.08 Å². The number of carbonyl (C=O) groups is 1. The lowest BCUT2D eigenvalue weighted by Crippen LogP contribution is -2.37. The fourth-order valence-electron chi connectivity index (χ4n) is 1.38. The fraction of sp³-hybridized carbons (Fsp3) is 0.222. The van der Waals surface area contributed by atoms with Crippen molar-refractivity contribution in [2.24, 2.45) is 0 Å². The van der Waals surface area contributed by atoms with Crippen LogP contribution in [0.3, 0.4) is 0 Å². The molecule has 3 N–H and O–H groups in total. The molecule has 0 spiro atoms. The number of hydrogen-bond donors (Lipinski definition) is 3. The highest BCUT2D eigenvalue weighted by atomic mass is 32.3. The van der Waals surface area contributed by atoms with Crippen molar-refractivity contribution in [1.82, 2.24) is 5.32 Å². The number of fused-ring (bicyclic) bond motifs is 1. The number of allylic oxidation sites excluding steroid dienone is 3. The summed E-state index contributed by atoms with van der Waals surface area (Å²) in [6.07, 6.45) is 10.2. The van der Waals surface area contributed by atoms with Crippen molar-refractivity contribution in [1.29, 1.82) is 0 Å². The summed E-state index contributed by atoms with van der Waals surface area (Å²) in [5.74, 6) is 0.159. The molecule has 16 heavy (non-hydrogen) atoms. The Bertz CT molecular complexity index is 452. The number of nitrogens with one attached hydrogen (secondary N) is 1. The van der Waals surface area contributed by atoms with Crippen LogP contribution in [0.25, 0.3) is 0 Å². The predicted octanol–water partition coefficient (Wildman–Crippen LogP) is 0.275. The smallest absolute Gasteiger partial charge is 0.378 e. The summed E-state index contributed by atoms with van der Waals surface area (Å²) >= 11 is 0. The molecule has 2 rings (SSSR count). The van der Waals surface area contributed by atoms with Crippen molar-refractivity contribution in [3.8, 4) is 0 Å². The van der Waals surface area contributed by atoms with Crippen LogP contribution in [0.1, 0.15) is 6.42 Å². The van der Waals surface area contributed by atoms with E-state index in [1.165, 1.54) is 5.57 Å². The summed E-state index contributed by atoms with van der Waals surface area (Å²) in [4.78, 5) is 11.2. The van der Waals surface area contributed by atoms with Crippen LogP contribution in [0.2, 0.25) is 0 Å². The molecule has 0 aromatic heterocycles. The van der Waals surface area contributed by atoms with Crippen molar-refractivity contribution < 1.29 is 22.3 Å². The first-order valence-electron chi connectivity index (χ1n) is 4.40. The molecule has 1 aliphatic carbocycles. The Balaban J connectivity index is 0.000000221. The summed E-state index contributed by atoms with van der Waals surface area (Å²) in [7, 11) is -4.67. The first kappa shape index (κ1) is 12.6. The van der Waals surface area contributed by atoms with Gasteiger partial charge in [-0.3, -0.25) is 13.9 Å². The largest absolute Gasteiger partial charge is 0.394 e. The van der Waals surface area contributed by atoms with Gasteiger partial charge < -0.3 is 5.32 Å². The van der Waals surface area contributed by atoms with E-state index in [1.807, 2.05) is 24.4 Å². The Morgan fingerprint density at radius 2 is 2.00 bits per heavy atom. The third kappa shape index (κ3) is 4.39. The number of dihydropyridines is 1. The minimum absolute atomic E-state index is 0.0787. The van der Waals surface area contributed by atoms with Gasteiger partial charge in [-0.1, -0.05) is 12.2 Å². The number of carbonyl (C=O) groups excluding carboxylic acids is 1. The average molecular weight is 245 g/mol. The molecule has 88 valence electrons. The Kier molecular flexibility index (Phi) is 3.99. The summed E-state index contributed by atoms with van der Waals surface area (Å²) in [6, 6.07) is -0.0787. The van der Waals surface area contributed by atoms with Gasteiger partial charge in [-0.05, 0) is 30.3 Å². The lowest BCUT2D eigenvalue weighted by molar-refractivity contribution is -0.115. The molecule has 0 radical (unpaired) electrons. The fourth-order valence-corrected chi connectivity index (χ4v) is 1.38. The summed E-state index contributed by atoms with van der Waals surface area (Å²) in [5, 5.41) is 3.02. The molecule has 0 fully saturated rings. The number of rotatable bonds is 0. The van der Waals surface area contributed by atoms with Crippen LogP contribution >= 0.6 is 0 Å². The maximum absolute atomic E-state index is 11.2. The van der Waals surface area contributed by atoms with Crippen molar-refractivity contribution in [3.63, 3.8) is 0 Å². The lowest BCUT2D eigenvalue weighted by atomic mass is 9.93. The lowest BCUT2D eigenvalue weighted by Gasteiger charge is -2.22. The van der Waals surface area contributed by atoms with Crippen molar-refractivity contribution >= 4 is 16.2 Å². The van der Waals surface area contributed by atoms with E-state index in [-0.39, 0.29) is 11.8 Å². The zero-order valence-electron chi connectivity index (χ0n) is 8.20. The predicted molar refractivity (Wildman–Crippen MR) is 57.1 cm³/mol. The second-order valence-corrected chi connectivity index (χ2v) is 4.05. The Morgan fingerprint density at radius 3 is 2.56 bits per heavy atom. The van der Waals surface area contributed by atoms with Crippen LogP contribution in [0, 0.1) is 0 Å². The molecule has 7 heteroatoms. The van der Waals surface area contributed by atoms with Gasteiger partial charge in [0.15, 0.2) is 5.78 Å². The molecule has 1 atom stereocenters. The minimum Gasteiger partial charge on any atom is -0.378 e. The maximum atomic E-state index is 11.2. The molecule has 0 saturated carbocycles. The van der Waals surface area contributed by atoms with Crippen molar-refractivity contribution in [2.75, 3.05) is 0 Å². The zero-order chi connectivity index (χ0) is 12.2. The molecule has 0 aromatic carbocycles. The molecule has 0 bridgehead atoms. The van der Waals surface area contributed by atoms with Crippen LogP contribution in [0.15, 0.2) is 36.1 Å². The van der Waals surface area contributed by atoms with Crippen LogP contribution in [-0.4, -0.2) is 29.3 Å². The highest BCUT2D eigenvalue weighted by Crippen LogP contribution is 2.17. The third-order valence-corrected chi connectivity index (χ3v) is 1.96. The van der Waals surface area contributed by atoms with E-state index < -0.39 is 10.4 Å². The number of hydrogen-bond acceptors (Lipinski definition) is 4. The Morgan fingerprint density at radius 1 is 1.38 bits per heavy atom. The molecule has 1 heterocycles. The van der Waals surface area contributed by atoms with Crippen LogP contribution in [0.5, 0.6) is 0 Å². The van der Waals surface area contributed by atoms with Crippen molar-refractivity contribution in [2.45, 2.75) is 12.5 Å². The summed E-state index contributed by atoms with van der Waals surface area (Å²) in [5.41, 5.74) is 1.17. The molecular formula is C9H11NO5S. The van der Waals surface area contributed by atoms with Crippen LogP contribution < -0.4 is 5.32 Å². The molecule has 1 unspecified atom stereocenters. The minimum atomic E-state index is -4.67. The monoisotopic (exact) mass is 245 g/mol. The van der Waals surface area contributed by atoms with E-state index >= 15 is 0 Å². The standard InChI is InChI=1S/C9H9NO.H2O4S/c11-8-5-1-3-7-4-2-6-10-9(7)8;1-5(2,3)4/h1-2,4-6,9-10H,3H2;(H2,1,2,3,4). The van der Waals surface area contributed by atoms with Gasteiger partial charge in [-0.25, -0.2) is 0 Å². The van der Waals surface area contributed by atoms with Gasteiger partial charge in [0.25, 0.3) is 0 Å². The molecular weight excluding hydrogens is 234 g/mol. The SMILES string of the molecule is O=C1C=CCC2=CC=CNC12.O=S(=O)(O)O. The quantitative estimate of drug-likeness (QED) is 0.529. The van der Waals surface area contributed by atoms with Gasteiger partial charge in [0.05, 0.1) is 0 Å². The van der Waals surface area contributed by atoms with Crippen LogP contribution in [0.4, 0.5) is 0 Å². The zero-order valence-corrected chi connectivity index (χ0v) is 9.02. The van der Waals surface area contributed by atoms with E-state index in [0.717, 1.165) is 6.42 Å². The first-order valence-corrected chi connectivity index (χ1v) is 5.79. The Hall–Kier alpha value is -1.44. The van der Waals surface area contributed by atoms with Crippen LogP contribution in [-0.2, 0) is 15.2 Å². The highest BCUT2D eigenvalue weighted by molar-refractivity contribution is 7.79. The molecule has 0 aromatic rings. The first-order chi connectivity index (χ1) is 7.38. The topological polar surface area (TPSA) is 104 Å². The number of ketones is 1. The van der Waals surface area contributed by atoms with Gasteiger partial charge in [0.1, 0.15) is 6.04 Å².